The molecule has 0 saturated carbocycles. The fourth-order valence-electron chi connectivity index (χ4n) is 0.921. The Morgan fingerprint density at radius 3 is 3.08 bits per heavy atom. The number of rotatable bonds is 4. The Morgan fingerprint density at radius 2 is 2.50 bits per heavy atom. The quantitative estimate of drug-likeness (QED) is 0.777. The van der Waals surface area contributed by atoms with E-state index in [1.807, 2.05) is 0 Å². The molecule has 4 heteroatoms. The fourth-order valence-corrected chi connectivity index (χ4v) is 1.94. The molecule has 0 aliphatic heterocycles. The lowest BCUT2D eigenvalue weighted by Gasteiger charge is -1.87. The molecule has 0 radical (unpaired) electrons. The Hall–Kier alpha value is -0.900. The van der Waals surface area contributed by atoms with Gasteiger partial charge in [-0.25, -0.2) is 4.98 Å². The summed E-state index contributed by atoms with van der Waals surface area (Å²) < 4.78 is 0. The third-order valence-electron chi connectivity index (χ3n) is 1.40. The molecule has 0 fully saturated rings. The molecule has 0 aromatic carbocycles. The average Bonchev–Trinajstić information content (AvgIpc) is 2.36. The number of hydrogen-bond donors (Lipinski definition) is 1. The number of carboxylic acid groups (broad SMARTS) is 1. The lowest BCUT2D eigenvalue weighted by atomic mass is 10.3. The third kappa shape index (κ3) is 2.62. The molecular formula is C8H11NO2S. The zero-order chi connectivity index (χ0) is 8.97. The van der Waals surface area contributed by atoms with Gasteiger partial charge in [0.25, 0.3) is 0 Å². The van der Waals surface area contributed by atoms with E-state index in [2.05, 4.69) is 11.9 Å². The van der Waals surface area contributed by atoms with Gasteiger partial charge in [0.2, 0.25) is 0 Å². The SMILES string of the molecule is CCCc1cnc(CC(=O)O)s1. The number of aliphatic carboxylic acids is 1. The van der Waals surface area contributed by atoms with Crippen LogP contribution < -0.4 is 0 Å². The summed E-state index contributed by atoms with van der Waals surface area (Å²) in [5.74, 6) is -0.813. The van der Waals surface area contributed by atoms with Gasteiger partial charge in [-0.05, 0) is 6.42 Å². The van der Waals surface area contributed by atoms with Crippen molar-refractivity contribution in [2.45, 2.75) is 26.2 Å². The molecule has 12 heavy (non-hydrogen) atoms. The van der Waals surface area contributed by atoms with Gasteiger partial charge in [0, 0.05) is 11.1 Å². The first-order chi connectivity index (χ1) is 5.72. The maximum absolute atomic E-state index is 10.3. The molecule has 0 unspecified atom stereocenters. The molecular weight excluding hydrogens is 174 g/mol. The number of carbonyl (C=O) groups is 1. The van der Waals surface area contributed by atoms with Crippen LogP contribution in [0.4, 0.5) is 0 Å². The van der Waals surface area contributed by atoms with Crippen molar-refractivity contribution in [2.75, 3.05) is 0 Å². The van der Waals surface area contributed by atoms with Gasteiger partial charge in [0.1, 0.15) is 5.01 Å². The maximum Gasteiger partial charge on any atom is 0.310 e. The van der Waals surface area contributed by atoms with Gasteiger partial charge in [0.05, 0.1) is 6.42 Å². The summed E-state index contributed by atoms with van der Waals surface area (Å²) in [6, 6.07) is 0. The summed E-state index contributed by atoms with van der Waals surface area (Å²) in [7, 11) is 0. The Kier molecular flexibility index (Phi) is 3.22. The molecule has 0 saturated heterocycles. The molecule has 1 N–H and O–H groups in total. The number of aryl methyl sites for hydroxylation is 1. The third-order valence-corrected chi connectivity index (χ3v) is 2.46. The summed E-state index contributed by atoms with van der Waals surface area (Å²) in [4.78, 5) is 15.5. The van der Waals surface area contributed by atoms with Gasteiger partial charge in [-0.2, -0.15) is 0 Å². The standard InChI is InChI=1S/C8H11NO2S/c1-2-3-6-5-9-7(12-6)4-8(10)11/h5H,2-4H2,1H3,(H,10,11). The van der Waals surface area contributed by atoms with Crippen molar-refractivity contribution in [1.82, 2.24) is 4.98 Å². The Labute approximate surface area is 75.1 Å². The fraction of sp³-hybridized carbons (Fsp3) is 0.500. The highest BCUT2D eigenvalue weighted by molar-refractivity contribution is 7.11. The zero-order valence-electron chi connectivity index (χ0n) is 6.91. The monoisotopic (exact) mass is 185 g/mol. The summed E-state index contributed by atoms with van der Waals surface area (Å²) in [6.45, 7) is 2.09. The van der Waals surface area contributed by atoms with Gasteiger partial charge in [-0.3, -0.25) is 4.79 Å². The molecule has 1 rings (SSSR count). The number of hydrogen-bond acceptors (Lipinski definition) is 3. The first kappa shape index (κ1) is 9.19. The van der Waals surface area contributed by atoms with E-state index in [4.69, 9.17) is 5.11 Å². The molecule has 3 nitrogen and oxygen atoms in total. The van der Waals surface area contributed by atoms with E-state index >= 15 is 0 Å². The van der Waals surface area contributed by atoms with Crippen LogP contribution in [0.2, 0.25) is 0 Å². The predicted molar refractivity (Wildman–Crippen MR) is 47.4 cm³/mol. The van der Waals surface area contributed by atoms with Crippen molar-refractivity contribution in [3.63, 3.8) is 0 Å². The minimum absolute atomic E-state index is 0.0500. The average molecular weight is 185 g/mol. The largest absolute Gasteiger partial charge is 0.481 e. The normalized spacial score (nSPS) is 10.1. The van der Waals surface area contributed by atoms with Gasteiger partial charge in [0.15, 0.2) is 0 Å². The molecule has 1 aromatic heterocycles. The van der Waals surface area contributed by atoms with E-state index in [-0.39, 0.29) is 6.42 Å². The van der Waals surface area contributed by atoms with Crippen LogP contribution in [-0.4, -0.2) is 16.1 Å². The predicted octanol–water partition coefficient (Wildman–Crippen LogP) is 1.72. The minimum atomic E-state index is -0.813. The summed E-state index contributed by atoms with van der Waals surface area (Å²) in [5, 5.41) is 9.17. The van der Waals surface area contributed by atoms with Crippen LogP contribution in [0.5, 0.6) is 0 Å². The molecule has 0 spiro atoms. The van der Waals surface area contributed by atoms with Crippen molar-refractivity contribution in [3.05, 3.63) is 16.1 Å². The van der Waals surface area contributed by atoms with Crippen LogP contribution in [0.15, 0.2) is 6.20 Å². The van der Waals surface area contributed by atoms with Gasteiger partial charge < -0.3 is 5.11 Å². The Morgan fingerprint density at radius 1 is 1.75 bits per heavy atom. The van der Waals surface area contributed by atoms with E-state index < -0.39 is 5.97 Å². The van der Waals surface area contributed by atoms with E-state index in [0.717, 1.165) is 12.8 Å². The Bertz CT molecular complexity index is 270. The highest BCUT2D eigenvalue weighted by atomic mass is 32.1. The molecule has 66 valence electrons. The van der Waals surface area contributed by atoms with Crippen molar-refractivity contribution >= 4 is 17.3 Å². The zero-order valence-corrected chi connectivity index (χ0v) is 7.73. The molecule has 0 atom stereocenters. The summed E-state index contributed by atoms with van der Waals surface area (Å²) >= 11 is 1.49. The molecule has 0 aliphatic carbocycles. The van der Waals surface area contributed by atoms with Crippen LogP contribution in [0.1, 0.15) is 23.2 Å². The summed E-state index contributed by atoms with van der Waals surface area (Å²) in [5.41, 5.74) is 0. The highest BCUT2D eigenvalue weighted by Gasteiger charge is 2.04. The lowest BCUT2D eigenvalue weighted by molar-refractivity contribution is -0.136. The molecule has 1 aromatic rings. The molecule has 0 bridgehead atoms. The number of nitrogens with zero attached hydrogens (tertiary/aromatic N) is 1. The van der Waals surface area contributed by atoms with Gasteiger partial charge >= 0.3 is 5.97 Å². The number of carboxylic acids is 1. The van der Waals surface area contributed by atoms with Crippen molar-refractivity contribution < 1.29 is 9.90 Å². The lowest BCUT2D eigenvalue weighted by Crippen LogP contribution is -1.98. The highest BCUT2D eigenvalue weighted by Crippen LogP contribution is 2.14. The van der Waals surface area contributed by atoms with E-state index in [1.54, 1.807) is 6.20 Å². The van der Waals surface area contributed by atoms with E-state index in [0.29, 0.717) is 5.01 Å². The van der Waals surface area contributed by atoms with Gasteiger partial charge in [-0.15, -0.1) is 11.3 Å². The Balaban J connectivity index is 2.58. The van der Waals surface area contributed by atoms with Crippen LogP contribution in [0, 0.1) is 0 Å². The number of thiazole rings is 1. The number of aromatic nitrogens is 1. The minimum Gasteiger partial charge on any atom is -0.481 e. The second-order valence-electron chi connectivity index (χ2n) is 2.54. The van der Waals surface area contributed by atoms with Crippen LogP contribution in [-0.2, 0) is 17.6 Å². The van der Waals surface area contributed by atoms with Crippen molar-refractivity contribution in [3.8, 4) is 0 Å². The molecule has 0 amide bonds. The maximum atomic E-state index is 10.3. The first-order valence-electron chi connectivity index (χ1n) is 3.87. The molecule has 0 aliphatic rings. The van der Waals surface area contributed by atoms with Crippen LogP contribution >= 0.6 is 11.3 Å². The second kappa shape index (κ2) is 4.21. The second-order valence-corrected chi connectivity index (χ2v) is 3.74. The van der Waals surface area contributed by atoms with Crippen molar-refractivity contribution in [2.24, 2.45) is 0 Å². The smallest absolute Gasteiger partial charge is 0.310 e. The first-order valence-corrected chi connectivity index (χ1v) is 4.69. The van der Waals surface area contributed by atoms with Crippen LogP contribution in [0.3, 0.4) is 0 Å². The van der Waals surface area contributed by atoms with Gasteiger partial charge in [-0.1, -0.05) is 13.3 Å². The van der Waals surface area contributed by atoms with Crippen LogP contribution in [0.25, 0.3) is 0 Å². The topological polar surface area (TPSA) is 50.2 Å². The van der Waals surface area contributed by atoms with E-state index in [1.165, 1.54) is 16.2 Å². The van der Waals surface area contributed by atoms with E-state index in [9.17, 15) is 4.79 Å². The summed E-state index contributed by atoms with van der Waals surface area (Å²) in [6.07, 6.45) is 3.90. The molecule has 1 heterocycles. The van der Waals surface area contributed by atoms with Crippen molar-refractivity contribution in [1.29, 1.82) is 0 Å².